The Hall–Kier alpha value is -3.38. The Morgan fingerprint density at radius 2 is 1.67 bits per heavy atom. The van der Waals surface area contributed by atoms with Crippen LogP contribution in [0.5, 0.6) is 11.5 Å². The first-order valence-electron chi connectivity index (χ1n) is 9.97. The van der Waals surface area contributed by atoms with Gasteiger partial charge >= 0.3 is 0 Å². The lowest BCUT2D eigenvalue weighted by atomic mass is 10.0. The van der Waals surface area contributed by atoms with Crippen LogP contribution in [0.3, 0.4) is 0 Å². The first-order valence-corrected chi connectivity index (χ1v) is 9.97. The van der Waals surface area contributed by atoms with Crippen molar-refractivity contribution in [3.63, 3.8) is 0 Å². The maximum absolute atomic E-state index is 12.7. The number of aromatic amines is 1. The molecular formula is C24H25N3O3. The molecule has 0 saturated carbocycles. The minimum absolute atomic E-state index is 0.183. The van der Waals surface area contributed by atoms with E-state index >= 15 is 0 Å². The van der Waals surface area contributed by atoms with Crippen molar-refractivity contribution in [1.82, 2.24) is 14.9 Å². The number of nitrogens with zero attached hydrogens (tertiary/aromatic N) is 2. The molecule has 4 rings (SSSR count). The summed E-state index contributed by atoms with van der Waals surface area (Å²) in [7, 11) is 3.12. The fourth-order valence-electron chi connectivity index (χ4n) is 3.75. The van der Waals surface area contributed by atoms with Gasteiger partial charge in [0.05, 0.1) is 31.7 Å². The summed E-state index contributed by atoms with van der Waals surface area (Å²) in [5.74, 6) is 1.69. The Bertz CT molecular complexity index is 1240. The van der Waals surface area contributed by atoms with Gasteiger partial charge in [-0.3, -0.25) is 9.69 Å². The van der Waals surface area contributed by atoms with Crippen molar-refractivity contribution >= 4 is 21.7 Å². The standard InChI is InChI=1S/C24H25N3O3/c1-4-27(14-17-10-7-9-16-8-5-6-11-18(16)17)15-23-25-20-13-22(30-3)21(29-2)12-19(20)24(28)26-23/h5-13H,4,14-15H2,1-3H3,(H,25,26,28). The van der Waals surface area contributed by atoms with Gasteiger partial charge in [0.1, 0.15) is 5.82 Å². The first kappa shape index (κ1) is 19.9. The maximum Gasteiger partial charge on any atom is 0.258 e. The molecule has 0 aliphatic carbocycles. The van der Waals surface area contributed by atoms with Gasteiger partial charge in [0.15, 0.2) is 11.5 Å². The monoisotopic (exact) mass is 403 g/mol. The van der Waals surface area contributed by atoms with E-state index in [1.807, 2.05) is 0 Å². The SMILES string of the molecule is CCN(Cc1nc2cc(OC)c(OC)cc2c(=O)[nH]1)Cc1cccc2ccccc12. The van der Waals surface area contributed by atoms with Crippen molar-refractivity contribution < 1.29 is 9.47 Å². The predicted octanol–water partition coefficient (Wildman–Crippen LogP) is 4.12. The maximum atomic E-state index is 12.7. The lowest BCUT2D eigenvalue weighted by molar-refractivity contribution is 0.265. The Balaban J connectivity index is 1.65. The third-order valence-electron chi connectivity index (χ3n) is 5.35. The number of benzene rings is 3. The lowest BCUT2D eigenvalue weighted by Crippen LogP contribution is -2.25. The largest absolute Gasteiger partial charge is 0.493 e. The summed E-state index contributed by atoms with van der Waals surface area (Å²) in [6, 6.07) is 18.2. The molecule has 1 aromatic heterocycles. The van der Waals surface area contributed by atoms with E-state index in [0.29, 0.717) is 34.8 Å². The third kappa shape index (κ3) is 3.86. The van der Waals surface area contributed by atoms with Gasteiger partial charge in [-0.05, 0) is 28.9 Å². The van der Waals surface area contributed by atoms with E-state index in [-0.39, 0.29) is 5.56 Å². The molecule has 0 unspecified atom stereocenters. The number of hydrogen-bond donors (Lipinski definition) is 1. The Morgan fingerprint density at radius 3 is 2.43 bits per heavy atom. The molecule has 1 heterocycles. The highest BCUT2D eigenvalue weighted by atomic mass is 16.5. The quantitative estimate of drug-likeness (QED) is 0.503. The number of H-pyrrole nitrogens is 1. The summed E-state index contributed by atoms with van der Waals surface area (Å²) in [6.45, 7) is 4.25. The number of ether oxygens (including phenoxy) is 2. The van der Waals surface area contributed by atoms with E-state index in [2.05, 4.69) is 64.3 Å². The molecule has 30 heavy (non-hydrogen) atoms. The molecule has 3 aromatic carbocycles. The van der Waals surface area contributed by atoms with Crippen LogP contribution in [0, 0.1) is 0 Å². The van der Waals surface area contributed by atoms with Crippen molar-refractivity contribution in [2.75, 3.05) is 20.8 Å². The van der Waals surface area contributed by atoms with Crippen LogP contribution >= 0.6 is 0 Å². The molecule has 0 aliphatic rings. The van der Waals surface area contributed by atoms with Crippen LogP contribution in [-0.2, 0) is 13.1 Å². The molecule has 154 valence electrons. The Morgan fingerprint density at radius 1 is 0.933 bits per heavy atom. The summed E-state index contributed by atoms with van der Waals surface area (Å²) < 4.78 is 10.7. The van der Waals surface area contributed by atoms with Crippen LogP contribution in [-0.4, -0.2) is 35.6 Å². The van der Waals surface area contributed by atoms with Crippen molar-refractivity contribution in [3.8, 4) is 11.5 Å². The molecule has 6 nitrogen and oxygen atoms in total. The van der Waals surface area contributed by atoms with Crippen molar-refractivity contribution in [1.29, 1.82) is 0 Å². The lowest BCUT2D eigenvalue weighted by Gasteiger charge is -2.21. The molecule has 4 aromatic rings. The van der Waals surface area contributed by atoms with E-state index < -0.39 is 0 Å². The second-order valence-corrected chi connectivity index (χ2v) is 7.18. The predicted molar refractivity (Wildman–Crippen MR) is 119 cm³/mol. The smallest absolute Gasteiger partial charge is 0.258 e. The molecule has 0 atom stereocenters. The molecule has 0 radical (unpaired) electrons. The van der Waals surface area contributed by atoms with Crippen LogP contribution in [0.2, 0.25) is 0 Å². The number of aromatic nitrogens is 2. The highest BCUT2D eigenvalue weighted by Crippen LogP contribution is 2.30. The summed E-state index contributed by atoms with van der Waals surface area (Å²) in [6.07, 6.45) is 0. The van der Waals surface area contributed by atoms with Gasteiger partial charge in [-0.1, -0.05) is 49.4 Å². The average Bonchev–Trinajstić information content (AvgIpc) is 2.78. The summed E-state index contributed by atoms with van der Waals surface area (Å²) in [4.78, 5) is 22.5. The molecule has 0 fully saturated rings. The number of fused-ring (bicyclic) bond motifs is 2. The van der Waals surface area contributed by atoms with E-state index in [1.165, 1.54) is 16.3 Å². The highest BCUT2D eigenvalue weighted by molar-refractivity contribution is 5.85. The number of rotatable bonds is 7. The molecule has 0 saturated heterocycles. The average molecular weight is 403 g/mol. The normalized spacial score (nSPS) is 11.3. The van der Waals surface area contributed by atoms with Gasteiger partial charge < -0.3 is 14.5 Å². The van der Waals surface area contributed by atoms with Crippen LogP contribution in [0.1, 0.15) is 18.3 Å². The fraction of sp³-hybridized carbons (Fsp3) is 0.250. The Kier molecular flexibility index (Phi) is 5.68. The zero-order valence-electron chi connectivity index (χ0n) is 17.4. The minimum Gasteiger partial charge on any atom is -0.493 e. The van der Waals surface area contributed by atoms with Crippen molar-refractivity contribution in [3.05, 3.63) is 76.3 Å². The second-order valence-electron chi connectivity index (χ2n) is 7.18. The summed E-state index contributed by atoms with van der Waals surface area (Å²) in [5, 5.41) is 2.95. The Labute approximate surface area is 175 Å². The van der Waals surface area contributed by atoms with E-state index in [1.54, 1.807) is 26.4 Å². The van der Waals surface area contributed by atoms with Crippen LogP contribution < -0.4 is 15.0 Å². The molecule has 0 bridgehead atoms. The molecule has 0 aliphatic heterocycles. The van der Waals surface area contributed by atoms with Crippen LogP contribution in [0.15, 0.2) is 59.4 Å². The molecule has 6 heteroatoms. The summed E-state index contributed by atoms with van der Waals surface area (Å²) in [5.41, 5.74) is 1.66. The van der Waals surface area contributed by atoms with E-state index in [4.69, 9.17) is 9.47 Å². The minimum atomic E-state index is -0.183. The molecule has 0 spiro atoms. The molecule has 0 amide bonds. The highest BCUT2D eigenvalue weighted by Gasteiger charge is 2.13. The number of methoxy groups -OCH3 is 2. The van der Waals surface area contributed by atoms with E-state index in [0.717, 1.165) is 13.1 Å². The van der Waals surface area contributed by atoms with Crippen molar-refractivity contribution in [2.24, 2.45) is 0 Å². The zero-order chi connectivity index (χ0) is 21.1. The van der Waals surface area contributed by atoms with Crippen LogP contribution in [0.4, 0.5) is 0 Å². The van der Waals surface area contributed by atoms with Gasteiger partial charge in [-0.25, -0.2) is 4.98 Å². The molecule has 1 N–H and O–H groups in total. The third-order valence-corrected chi connectivity index (χ3v) is 5.35. The number of hydrogen-bond acceptors (Lipinski definition) is 5. The molecular weight excluding hydrogens is 378 g/mol. The zero-order valence-corrected chi connectivity index (χ0v) is 17.4. The number of nitrogens with one attached hydrogen (secondary N) is 1. The van der Waals surface area contributed by atoms with Gasteiger partial charge in [-0.2, -0.15) is 0 Å². The van der Waals surface area contributed by atoms with E-state index in [9.17, 15) is 4.79 Å². The topological polar surface area (TPSA) is 67.5 Å². The van der Waals surface area contributed by atoms with Gasteiger partial charge in [0, 0.05) is 12.6 Å². The van der Waals surface area contributed by atoms with Gasteiger partial charge in [0.2, 0.25) is 0 Å². The van der Waals surface area contributed by atoms with Gasteiger partial charge in [0.25, 0.3) is 5.56 Å². The fourth-order valence-corrected chi connectivity index (χ4v) is 3.75. The first-order chi connectivity index (χ1) is 14.6. The second kappa shape index (κ2) is 8.55. The van der Waals surface area contributed by atoms with Gasteiger partial charge in [-0.15, -0.1) is 0 Å². The van der Waals surface area contributed by atoms with Crippen LogP contribution in [0.25, 0.3) is 21.7 Å². The van der Waals surface area contributed by atoms with Crippen molar-refractivity contribution in [2.45, 2.75) is 20.0 Å². The summed E-state index contributed by atoms with van der Waals surface area (Å²) >= 11 is 0.